The lowest BCUT2D eigenvalue weighted by molar-refractivity contribution is -0.127. The lowest BCUT2D eigenvalue weighted by Gasteiger charge is -2.31. The minimum atomic E-state index is -0.648. The second-order valence-electron chi connectivity index (χ2n) is 6.67. The van der Waals surface area contributed by atoms with Gasteiger partial charge in [0.2, 0.25) is 5.91 Å². The molecule has 0 radical (unpaired) electrons. The van der Waals surface area contributed by atoms with Gasteiger partial charge in [-0.2, -0.15) is 0 Å². The molecule has 4 nitrogen and oxygen atoms in total. The first-order chi connectivity index (χ1) is 11.6. The fourth-order valence-electron chi connectivity index (χ4n) is 3.24. The first-order valence-corrected chi connectivity index (χ1v) is 9.53. The number of amides is 1. The highest BCUT2D eigenvalue weighted by Gasteiger charge is 2.34. The Hall–Kier alpha value is -1.72. The summed E-state index contributed by atoms with van der Waals surface area (Å²) in [5, 5.41) is 6.17. The maximum atomic E-state index is 12.3. The molecule has 2 aromatic rings. The lowest BCUT2D eigenvalue weighted by Crippen LogP contribution is -2.55. The van der Waals surface area contributed by atoms with Crippen molar-refractivity contribution in [3.05, 3.63) is 40.2 Å². The van der Waals surface area contributed by atoms with Gasteiger partial charge in [-0.1, -0.05) is 43.5 Å². The molecule has 1 aliphatic carbocycles. The Morgan fingerprint density at radius 3 is 2.58 bits per heavy atom. The number of hydrogen-bond acceptors (Lipinski definition) is 4. The molecule has 0 atom stereocenters. The standard InChI is InChI=1S/C19H25N3OS/c1-14-22-17(13-24-14)16-7-5-15(6-8-16)9-12-21-18(23)19(20)10-3-2-4-11-19/h5-8,13H,2-4,9-12,20H2,1H3,(H,21,23). The SMILES string of the molecule is Cc1nc(-c2ccc(CCNC(=O)C3(N)CCCCC3)cc2)cs1. The van der Waals surface area contributed by atoms with Crippen LogP contribution in [-0.2, 0) is 11.2 Å². The van der Waals surface area contributed by atoms with Crippen LogP contribution < -0.4 is 11.1 Å². The Balaban J connectivity index is 1.51. The number of carbonyl (C=O) groups excluding carboxylic acids is 1. The molecule has 0 unspecified atom stereocenters. The van der Waals surface area contributed by atoms with E-state index in [1.54, 1.807) is 11.3 Å². The summed E-state index contributed by atoms with van der Waals surface area (Å²) < 4.78 is 0. The quantitative estimate of drug-likeness (QED) is 0.874. The summed E-state index contributed by atoms with van der Waals surface area (Å²) in [5.41, 5.74) is 8.97. The minimum Gasteiger partial charge on any atom is -0.354 e. The predicted molar refractivity (Wildman–Crippen MR) is 99.0 cm³/mol. The third-order valence-corrected chi connectivity index (χ3v) is 5.54. The molecule has 5 heteroatoms. The lowest BCUT2D eigenvalue weighted by atomic mass is 9.82. The van der Waals surface area contributed by atoms with Crippen LogP contribution in [0.5, 0.6) is 0 Å². The molecule has 1 fully saturated rings. The summed E-state index contributed by atoms with van der Waals surface area (Å²) in [5.74, 6) is 0.0109. The van der Waals surface area contributed by atoms with Crippen molar-refractivity contribution in [1.82, 2.24) is 10.3 Å². The predicted octanol–water partition coefficient (Wildman–Crippen LogP) is 3.44. The highest BCUT2D eigenvalue weighted by atomic mass is 32.1. The number of thiazole rings is 1. The minimum absolute atomic E-state index is 0.0109. The summed E-state index contributed by atoms with van der Waals surface area (Å²) in [4.78, 5) is 16.8. The molecule has 0 saturated heterocycles. The van der Waals surface area contributed by atoms with Crippen molar-refractivity contribution in [3.63, 3.8) is 0 Å². The Labute approximate surface area is 147 Å². The Morgan fingerprint density at radius 1 is 1.25 bits per heavy atom. The molecule has 3 N–H and O–H groups in total. The van der Waals surface area contributed by atoms with Gasteiger partial charge in [-0.05, 0) is 31.7 Å². The van der Waals surface area contributed by atoms with Crippen molar-refractivity contribution in [2.24, 2.45) is 5.73 Å². The Kier molecular flexibility index (Phi) is 5.31. The van der Waals surface area contributed by atoms with Crippen molar-refractivity contribution in [3.8, 4) is 11.3 Å². The molecule has 1 amide bonds. The molecule has 1 heterocycles. The maximum absolute atomic E-state index is 12.3. The van der Waals surface area contributed by atoms with Gasteiger partial charge in [0.15, 0.2) is 0 Å². The number of carbonyl (C=O) groups is 1. The van der Waals surface area contributed by atoms with Gasteiger partial charge in [0, 0.05) is 17.5 Å². The monoisotopic (exact) mass is 343 g/mol. The van der Waals surface area contributed by atoms with Crippen LogP contribution in [-0.4, -0.2) is 23.0 Å². The van der Waals surface area contributed by atoms with E-state index in [2.05, 4.69) is 39.9 Å². The summed E-state index contributed by atoms with van der Waals surface area (Å²) >= 11 is 1.66. The number of rotatable bonds is 5. The van der Waals surface area contributed by atoms with Gasteiger partial charge in [-0.15, -0.1) is 11.3 Å². The van der Waals surface area contributed by atoms with Crippen molar-refractivity contribution >= 4 is 17.2 Å². The fourth-order valence-corrected chi connectivity index (χ4v) is 3.87. The van der Waals surface area contributed by atoms with Crippen molar-refractivity contribution in [1.29, 1.82) is 0 Å². The molecule has 1 aromatic heterocycles. The van der Waals surface area contributed by atoms with E-state index in [1.807, 2.05) is 6.92 Å². The Morgan fingerprint density at radius 2 is 1.96 bits per heavy atom. The zero-order valence-electron chi connectivity index (χ0n) is 14.2. The van der Waals surface area contributed by atoms with Crippen LogP contribution in [0.4, 0.5) is 0 Å². The molecular formula is C19H25N3OS. The first-order valence-electron chi connectivity index (χ1n) is 8.65. The van der Waals surface area contributed by atoms with Crippen LogP contribution in [0.2, 0.25) is 0 Å². The smallest absolute Gasteiger partial charge is 0.240 e. The van der Waals surface area contributed by atoms with Crippen LogP contribution in [0.25, 0.3) is 11.3 Å². The van der Waals surface area contributed by atoms with Crippen LogP contribution in [0.15, 0.2) is 29.6 Å². The zero-order valence-corrected chi connectivity index (χ0v) is 15.0. The molecule has 128 valence electrons. The molecule has 3 rings (SSSR count). The number of nitrogens with zero attached hydrogens (tertiary/aromatic N) is 1. The normalized spacial score (nSPS) is 16.8. The summed E-state index contributed by atoms with van der Waals surface area (Å²) in [6.07, 6.45) is 5.74. The number of hydrogen-bond donors (Lipinski definition) is 2. The summed E-state index contributed by atoms with van der Waals surface area (Å²) in [6, 6.07) is 8.40. The van der Waals surface area contributed by atoms with Crippen molar-refractivity contribution < 1.29 is 4.79 Å². The average Bonchev–Trinajstić information content (AvgIpc) is 3.02. The highest BCUT2D eigenvalue weighted by molar-refractivity contribution is 7.09. The number of nitrogens with two attached hydrogens (primary N) is 1. The molecular weight excluding hydrogens is 318 g/mol. The highest BCUT2D eigenvalue weighted by Crippen LogP contribution is 2.26. The molecule has 24 heavy (non-hydrogen) atoms. The second kappa shape index (κ2) is 7.45. The largest absolute Gasteiger partial charge is 0.354 e. The molecule has 0 bridgehead atoms. The molecule has 1 aromatic carbocycles. The van der Waals surface area contributed by atoms with E-state index >= 15 is 0 Å². The van der Waals surface area contributed by atoms with Gasteiger partial charge in [0.1, 0.15) is 0 Å². The van der Waals surface area contributed by atoms with Crippen LogP contribution >= 0.6 is 11.3 Å². The summed E-state index contributed by atoms with van der Waals surface area (Å²) in [6.45, 7) is 2.65. The van der Waals surface area contributed by atoms with E-state index in [0.29, 0.717) is 6.54 Å². The first kappa shape index (κ1) is 17.1. The fraction of sp³-hybridized carbons (Fsp3) is 0.474. The van der Waals surface area contributed by atoms with Crippen molar-refractivity contribution in [2.75, 3.05) is 6.54 Å². The van der Waals surface area contributed by atoms with E-state index in [4.69, 9.17) is 5.73 Å². The zero-order chi connectivity index (χ0) is 17.0. The van der Waals surface area contributed by atoms with E-state index in [1.165, 1.54) is 12.0 Å². The maximum Gasteiger partial charge on any atom is 0.240 e. The van der Waals surface area contributed by atoms with E-state index < -0.39 is 5.54 Å². The van der Waals surface area contributed by atoms with Crippen LogP contribution in [0.3, 0.4) is 0 Å². The molecule has 0 aliphatic heterocycles. The van der Waals surface area contributed by atoms with E-state index in [0.717, 1.165) is 48.4 Å². The number of nitrogens with one attached hydrogen (secondary N) is 1. The molecule has 1 aliphatic rings. The van der Waals surface area contributed by atoms with Gasteiger partial charge in [0.05, 0.1) is 16.2 Å². The van der Waals surface area contributed by atoms with Gasteiger partial charge in [-0.3, -0.25) is 4.79 Å². The third kappa shape index (κ3) is 4.02. The van der Waals surface area contributed by atoms with Gasteiger partial charge in [-0.25, -0.2) is 4.98 Å². The van der Waals surface area contributed by atoms with Gasteiger partial charge in [0.25, 0.3) is 0 Å². The molecule has 0 spiro atoms. The Bertz CT molecular complexity index is 687. The number of aromatic nitrogens is 1. The third-order valence-electron chi connectivity index (χ3n) is 4.77. The van der Waals surface area contributed by atoms with E-state index in [-0.39, 0.29) is 5.91 Å². The average molecular weight is 343 g/mol. The second-order valence-corrected chi connectivity index (χ2v) is 7.73. The van der Waals surface area contributed by atoms with Gasteiger partial charge >= 0.3 is 0 Å². The topological polar surface area (TPSA) is 68.0 Å². The summed E-state index contributed by atoms with van der Waals surface area (Å²) in [7, 11) is 0. The van der Waals surface area contributed by atoms with Gasteiger partial charge < -0.3 is 11.1 Å². The molecule has 1 saturated carbocycles. The van der Waals surface area contributed by atoms with E-state index in [9.17, 15) is 4.79 Å². The van der Waals surface area contributed by atoms with Crippen molar-refractivity contribution in [2.45, 2.75) is 51.0 Å². The van der Waals surface area contributed by atoms with Crippen LogP contribution in [0, 0.1) is 6.92 Å². The number of benzene rings is 1. The van der Waals surface area contributed by atoms with Crippen LogP contribution in [0.1, 0.15) is 42.7 Å². The number of aryl methyl sites for hydroxylation is 1.